The lowest BCUT2D eigenvalue weighted by Crippen LogP contribution is -2.56. The minimum Gasteiger partial charge on any atom is -0.475 e. The number of aryl methyl sites for hydroxylation is 1. The molecule has 1 fully saturated rings. The van der Waals surface area contributed by atoms with Crippen LogP contribution in [0.25, 0.3) is 0 Å². The lowest BCUT2D eigenvalue weighted by molar-refractivity contribution is 0.0589. The van der Waals surface area contributed by atoms with Crippen molar-refractivity contribution in [3.63, 3.8) is 0 Å². The molecule has 0 aromatic carbocycles. The fraction of sp³-hybridized carbons (Fsp3) is 0.643. The molecule has 2 N–H and O–H groups in total. The number of carboxylic acids is 1. The average Bonchev–Trinajstić information content (AvgIpc) is 2.63. The number of carboxylic acid groups (broad SMARTS) is 1. The third-order valence-corrected chi connectivity index (χ3v) is 4.15. The van der Waals surface area contributed by atoms with Gasteiger partial charge in [0.1, 0.15) is 5.76 Å². The van der Waals surface area contributed by atoms with Crippen LogP contribution in [0.3, 0.4) is 0 Å². The van der Waals surface area contributed by atoms with Gasteiger partial charge in [0.25, 0.3) is 0 Å². The largest absolute Gasteiger partial charge is 0.475 e. The first kappa shape index (κ1) is 14.1. The first-order chi connectivity index (χ1) is 8.94. The van der Waals surface area contributed by atoms with Gasteiger partial charge < -0.3 is 19.7 Å². The Kier molecular flexibility index (Phi) is 3.96. The zero-order valence-electron chi connectivity index (χ0n) is 11.8. The zero-order valence-corrected chi connectivity index (χ0v) is 11.8. The molecular formula is C14H22N2O3. The van der Waals surface area contributed by atoms with Crippen LogP contribution in [-0.2, 0) is 6.54 Å². The highest BCUT2D eigenvalue weighted by Crippen LogP contribution is 2.35. The highest BCUT2D eigenvalue weighted by Gasteiger charge is 2.38. The van der Waals surface area contributed by atoms with E-state index in [9.17, 15) is 4.79 Å². The molecular weight excluding hydrogens is 244 g/mol. The van der Waals surface area contributed by atoms with Crippen LogP contribution < -0.4 is 5.32 Å². The second-order valence-corrected chi connectivity index (χ2v) is 5.61. The maximum absolute atomic E-state index is 10.9. The van der Waals surface area contributed by atoms with Gasteiger partial charge in [-0.2, -0.15) is 0 Å². The summed E-state index contributed by atoms with van der Waals surface area (Å²) in [5.41, 5.74) is 0.937. The Morgan fingerprint density at radius 2 is 2.21 bits per heavy atom. The van der Waals surface area contributed by atoms with Gasteiger partial charge in [0.05, 0.1) is 6.54 Å². The van der Waals surface area contributed by atoms with Crippen molar-refractivity contribution < 1.29 is 14.3 Å². The van der Waals surface area contributed by atoms with E-state index in [2.05, 4.69) is 24.3 Å². The molecule has 19 heavy (non-hydrogen) atoms. The van der Waals surface area contributed by atoms with Gasteiger partial charge >= 0.3 is 5.97 Å². The van der Waals surface area contributed by atoms with Crippen LogP contribution in [0.1, 0.15) is 41.1 Å². The minimum absolute atomic E-state index is 0.0442. The standard InChI is InChI=1S/C14H22N2O3/c1-10-7-11(19-12(10)13(17)18)8-15-9-14(16(2)3)5-4-6-14/h7,15H,4-6,8-9H2,1-3H3,(H,17,18). The summed E-state index contributed by atoms with van der Waals surface area (Å²) >= 11 is 0. The van der Waals surface area contributed by atoms with Crippen molar-refractivity contribution in [2.45, 2.75) is 38.3 Å². The number of likely N-dealkylation sites (N-methyl/N-ethyl adjacent to an activating group) is 1. The topological polar surface area (TPSA) is 65.7 Å². The molecule has 1 aromatic rings. The Bertz CT molecular complexity index is 461. The van der Waals surface area contributed by atoms with Crippen LogP contribution in [0.5, 0.6) is 0 Å². The van der Waals surface area contributed by atoms with Crippen molar-refractivity contribution in [3.05, 3.63) is 23.2 Å². The van der Waals surface area contributed by atoms with Crippen molar-refractivity contribution in [1.82, 2.24) is 10.2 Å². The van der Waals surface area contributed by atoms with E-state index in [-0.39, 0.29) is 11.3 Å². The SMILES string of the molecule is Cc1cc(CNCC2(N(C)C)CCC2)oc1C(=O)O. The second kappa shape index (κ2) is 5.35. The number of aromatic carboxylic acids is 1. The van der Waals surface area contributed by atoms with Gasteiger partial charge in [0.15, 0.2) is 0 Å². The molecule has 5 heteroatoms. The number of hydrogen-bond acceptors (Lipinski definition) is 4. The van der Waals surface area contributed by atoms with E-state index in [4.69, 9.17) is 9.52 Å². The maximum atomic E-state index is 10.9. The van der Waals surface area contributed by atoms with Gasteiger partial charge in [-0.15, -0.1) is 0 Å². The van der Waals surface area contributed by atoms with Gasteiger partial charge in [-0.25, -0.2) is 4.79 Å². The summed E-state index contributed by atoms with van der Waals surface area (Å²) in [6, 6.07) is 1.79. The van der Waals surface area contributed by atoms with Gasteiger partial charge in [-0.3, -0.25) is 0 Å². The first-order valence-electron chi connectivity index (χ1n) is 6.65. The minimum atomic E-state index is -1.01. The van der Waals surface area contributed by atoms with Gasteiger partial charge in [0, 0.05) is 17.6 Å². The van der Waals surface area contributed by atoms with Crippen LogP contribution >= 0.6 is 0 Å². The smallest absolute Gasteiger partial charge is 0.372 e. The monoisotopic (exact) mass is 266 g/mol. The fourth-order valence-electron chi connectivity index (χ4n) is 2.63. The van der Waals surface area contributed by atoms with Crippen molar-refractivity contribution in [1.29, 1.82) is 0 Å². The van der Waals surface area contributed by atoms with Crippen LogP contribution in [0.4, 0.5) is 0 Å². The molecule has 0 bridgehead atoms. The van der Waals surface area contributed by atoms with Crippen molar-refractivity contribution in [2.24, 2.45) is 0 Å². The Balaban J connectivity index is 1.89. The number of carbonyl (C=O) groups is 1. The molecule has 1 aromatic heterocycles. The highest BCUT2D eigenvalue weighted by atomic mass is 16.4. The molecule has 0 spiro atoms. The van der Waals surface area contributed by atoms with Crippen LogP contribution in [0, 0.1) is 6.92 Å². The van der Waals surface area contributed by atoms with Crippen LogP contribution in [0.2, 0.25) is 0 Å². The summed E-state index contributed by atoms with van der Waals surface area (Å²) < 4.78 is 5.33. The summed E-state index contributed by atoms with van der Waals surface area (Å²) in [5, 5.41) is 12.3. The van der Waals surface area contributed by atoms with E-state index in [0.29, 0.717) is 17.9 Å². The van der Waals surface area contributed by atoms with E-state index in [1.165, 1.54) is 19.3 Å². The Morgan fingerprint density at radius 3 is 2.63 bits per heavy atom. The summed E-state index contributed by atoms with van der Waals surface area (Å²) in [5.74, 6) is -0.279. The van der Waals surface area contributed by atoms with Crippen LogP contribution in [0.15, 0.2) is 10.5 Å². The molecule has 1 aliphatic carbocycles. The third kappa shape index (κ3) is 2.82. The molecule has 1 aliphatic rings. The molecule has 1 saturated carbocycles. The number of nitrogens with zero attached hydrogens (tertiary/aromatic N) is 1. The summed E-state index contributed by atoms with van der Waals surface area (Å²) in [6.07, 6.45) is 3.71. The number of rotatable bonds is 6. The van der Waals surface area contributed by atoms with Gasteiger partial charge in [-0.05, 0) is 46.3 Å². The average molecular weight is 266 g/mol. The van der Waals surface area contributed by atoms with E-state index in [1.54, 1.807) is 13.0 Å². The molecule has 0 atom stereocenters. The highest BCUT2D eigenvalue weighted by molar-refractivity contribution is 5.86. The lowest BCUT2D eigenvalue weighted by atomic mass is 9.75. The molecule has 0 saturated heterocycles. The Morgan fingerprint density at radius 1 is 1.53 bits per heavy atom. The summed E-state index contributed by atoms with van der Waals surface area (Å²) in [7, 11) is 4.22. The predicted molar refractivity (Wildman–Crippen MR) is 72.4 cm³/mol. The first-order valence-corrected chi connectivity index (χ1v) is 6.65. The second-order valence-electron chi connectivity index (χ2n) is 5.61. The van der Waals surface area contributed by atoms with E-state index < -0.39 is 5.97 Å². The zero-order chi connectivity index (χ0) is 14.0. The van der Waals surface area contributed by atoms with E-state index in [1.807, 2.05) is 0 Å². The maximum Gasteiger partial charge on any atom is 0.372 e. The molecule has 106 valence electrons. The quantitative estimate of drug-likeness (QED) is 0.822. The molecule has 0 unspecified atom stereocenters. The number of hydrogen-bond donors (Lipinski definition) is 2. The Labute approximate surface area is 113 Å². The van der Waals surface area contributed by atoms with Crippen molar-refractivity contribution >= 4 is 5.97 Å². The number of nitrogens with one attached hydrogen (secondary N) is 1. The normalized spacial score (nSPS) is 17.5. The molecule has 0 amide bonds. The van der Waals surface area contributed by atoms with Gasteiger partial charge in [0.2, 0.25) is 5.76 Å². The fourth-order valence-corrected chi connectivity index (χ4v) is 2.63. The van der Waals surface area contributed by atoms with Gasteiger partial charge in [-0.1, -0.05) is 0 Å². The molecule has 0 aliphatic heterocycles. The van der Waals surface area contributed by atoms with E-state index >= 15 is 0 Å². The van der Waals surface area contributed by atoms with Crippen molar-refractivity contribution in [2.75, 3.05) is 20.6 Å². The van der Waals surface area contributed by atoms with Crippen LogP contribution in [-0.4, -0.2) is 42.2 Å². The molecule has 2 rings (SSSR count). The predicted octanol–water partition coefficient (Wildman–Crippen LogP) is 1.86. The third-order valence-electron chi connectivity index (χ3n) is 4.15. The molecule has 5 nitrogen and oxygen atoms in total. The Hall–Kier alpha value is -1.33. The summed E-state index contributed by atoms with van der Waals surface area (Å²) in [6.45, 7) is 3.23. The summed E-state index contributed by atoms with van der Waals surface area (Å²) in [4.78, 5) is 13.2. The lowest BCUT2D eigenvalue weighted by Gasteiger charge is -2.47. The molecule has 1 heterocycles. The molecule has 0 radical (unpaired) electrons. The number of furan rings is 1. The van der Waals surface area contributed by atoms with Crippen molar-refractivity contribution in [3.8, 4) is 0 Å². The van der Waals surface area contributed by atoms with E-state index in [0.717, 1.165) is 6.54 Å².